The Morgan fingerprint density at radius 2 is 2.07 bits per heavy atom. The Kier molecular flexibility index (Phi) is 6.01. The highest BCUT2D eigenvalue weighted by Gasteiger charge is 2.23. The lowest BCUT2D eigenvalue weighted by atomic mass is 10.2. The van der Waals surface area contributed by atoms with Crippen LogP contribution in [-0.4, -0.2) is 21.2 Å². The third-order valence-electron chi connectivity index (χ3n) is 4.58. The summed E-state index contributed by atoms with van der Waals surface area (Å²) in [4.78, 5) is 32.2. The highest BCUT2D eigenvalue weighted by Crippen LogP contribution is 2.35. The zero-order chi connectivity index (χ0) is 20.5. The number of thiophene rings is 1. The van der Waals surface area contributed by atoms with Crippen LogP contribution >= 0.6 is 46.3 Å². The molecule has 0 bridgehead atoms. The smallest absolute Gasteiger partial charge is 0.263 e. The van der Waals surface area contributed by atoms with E-state index >= 15 is 0 Å². The molecule has 29 heavy (non-hydrogen) atoms. The van der Waals surface area contributed by atoms with Crippen molar-refractivity contribution in [2.24, 2.45) is 0 Å². The number of allylic oxidation sites excluding steroid dienone is 1. The van der Waals surface area contributed by atoms with Crippen LogP contribution in [0, 0.1) is 0 Å². The zero-order valence-corrected chi connectivity index (χ0v) is 18.5. The number of nitrogens with zero attached hydrogens (tertiary/aromatic N) is 2. The number of amides is 1. The van der Waals surface area contributed by atoms with E-state index < -0.39 is 0 Å². The fraction of sp³-hybridized carbons (Fsp3) is 0.250. The summed E-state index contributed by atoms with van der Waals surface area (Å²) in [7, 11) is 0. The molecule has 2 aromatic heterocycles. The van der Waals surface area contributed by atoms with Crippen molar-refractivity contribution in [3.8, 4) is 0 Å². The van der Waals surface area contributed by atoms with Gasteiger partial charge in [0, 0.05) is 27.2 Å². The van der Waals surface area contributed by atoms with Crippen molar-refractivity contribution in [2.45, 2.75) is 31.0 Å². The van der Waals surface area contributed by atoms with Gasteiger partial charge in [0.2, 0.25) is 5.91 Å². The topological polar surface area (TPSA) is 64.0 Å². The fourth-order valence-corrected chi connectivity index (χ4v) is 6.05. The van der Waals surface area contributed by atoms with E-state index in [1.165, 1.54) is 16.6 Å². The first-order valence-corrected chi connectivity index (χ1v) is 11.6. The van der Waals surface area contributed by atoms with Gasteiger partial charge in [0.25, 0.3) is 5.56 Å². The number of anilines is 1. The van der Waals surface area contributed by atoms with E-state index in [1.54, 1.807) is 40.2 Å². The third-order valence-corrected chi connectivity index (χ3v) is 7.18. The SMILES string of the molecule is C=CCn1c(SCC(=O)Nc2cc(Cl)cc(Cl)c2)nc2sc3c(c2c1=O)CCC3. The van der Waals surface area contributed by atoms with Gasteiger partial charge in [-0.1, -0.05) is 41.0 Å². The van der Waals surface area contributed by atoms with Crippen molar-refractivity contribution < 1.29 is 4.79 Å². The normalized spacial score (nSPS) is 12.9. The Morgan fingerprint density at radius 1 is 1.31 bits per heavy atom. The van der Waals surface area contributed by atoms with Crippen LogP contribution in [-0.2, 0) is 24.2 Å². The number of rotatable bonds is 6. The maximum absolute atomic E-state index is 13.1. The highest BCUT2D eigenvalue weighted by atomic mass is 35.5. The van der Waals surface area contributed by atoms with Gasteiger partial charge in [-0.25, -0.2) is 4.98 Å². The van der Waals surface area contributed by atoms with Crippen LogP contribution in [0.25, 0.3) is 10.2 Å². The molecule has 0 aliphatic heterocycles. The number of carbonyl (C=O) groups excluding carboxylic acids is 1. The van der Waals surface area contributed by atoms with Gasteiger partial charge in [-0.3, -0.25) is 14.2 Å². The predicted octanol–water partition coefficient (Wildman–Crippen LogP) is 5.17. The minimum Gasteiger partial charge on any atom is -0.325 e. The Bertz CT molecular complexity index is 1170. The predicted molar refractivity (Wildman–Crippen MR) is 122 cm³/mol. The molecule has 0 saturated carbocycles. The Labute approximate surface area is 185 Å². The van der Waals surface area contributed by atoms with Gasteiger partial charge < -0.3 is 5.32 Å². The molecule has 3 aromatic rings. The van der Waals surface area contributed by atoms with Gasteiger partial charge in [-0.15, -0.1) is 17.9 Å². The first kappa shape index (κ1) is 20.5. The second-order valence-electron chi connectivity index (χ2n) is 6.63. The van der Waals surface area contributed by atoms with E-state index in [-0.39, 0.29) is 17.2 Å². The second-order valence-corrected chi connectivity index (χ2v) is 9.53. The molecule has 9 heteroatoms. The Hall–Kier alpha value is -1.80. The van der Waals surface area contributed by atoms with Crippen molar-refractivity contribution >= 4 is 68.1 Å². The van der Waals surface area contributed by atoms with Gasteiger partial charge >= 0.3 is 0 Å². The summed E-state index contributed by atoms with van der Waals surface area (Å²) in [5.41, 5.74) is 1.61. The van der Waals surface area contributed by atoms with Crippen molar-refractivity contribution in [2.75, 3.05) is 11.1 Å². The Morgan fingerprint density at radius 3 is 2.79 bits per heavy atom. The molecule has 1 aliphatic rings. The molecular formula is C20H17Cl2N3O2S2. The lowest BCUT2D eigenvalue weighted by Crippen LogP contribution is -2.24. The molecule has 1 amide bonds. The first-order chi connectivity index (χ1) is 14.0. The molecule has 4 rings (SSSR count). The number of hydrogen-bond donors (Lipinski definition) is 1. The number of carbonyl (C=O) groups is 1. The molecule has 0 atom stereocenters. The maximum Gasteiger partial charge on any atom is 0.263 e. The van der Waals surface area contributed by atoms with Crippen molar-refractivity contribution in [1.29, 1.82) is 0 Å². The van der Waals surface area contributed by atoms with Crippen molar-refractivity contribution in [1.82, 2.24) is 9.55 Å². The van der Waals surface area contributed by atoms with Crippen LogP contribution in [0.1, 0.15) is 16.9 Å². The lowest BCUT2D eigenvalue weighted by molar-refractivity contribution is -0.113. The molecule has 150 valence electrons. The third kappa shape index (κ3) is 4.23. The monoisotopic (exact) mass is 465 g/mol. The standard InChI is InChI=1S/C20H17Cl2N3O2S2/c1-2-6-25-19(27)17-14-4-3-5-15(14)29-18(17)24-20(25)28-10-16(26)23-13-8-11(21)7-12(22)9-13/h2,7-9H,1,3-6,10H2,(H,23,26). The van der Waals surface area contributed by atoms with Crippen molar-refractivity contribution in [3.05, 3.63) is 61.7 Å². The van der Waals surface area contributed by atoms with E-state index in [0.29, 0.717) is 27.4 Å². The largest absolute Gasteiger partial charge is 0.325 e. The molecular weight excluding hydrogens is 449 g/mol. The molecule has 0 unspecified atom stereocenters. The summed E-state index contributed by atoms with van der Waals surface area (Å²) < 4.78 is 1.59. The van der Waals surface area contributed by atoms with Gasteiger partial charge in [0.15, 0.2) is 5.16 Å². The molecule has 0 fully saturated rings. The molecule has 1 N–H and O–H groups in total. The van der Waals surface area contributed by atoms with Gasteiger partial charge in [0.05, 0.1) is 11.1 Å². The van der Waals surface area contributed by atoms with E-state index in [1.807, 2.05) is 0 Å². The van der Waals surface area contributed by atoms with Gasteiger partial charge in [0.1, 0.15) is 4.83 Å². The molecule has 0 saturated heterocycles. The number of thioether (sulfide) groups is 1. The maximum atomic E-state index is 13.1. The summed E-state index contributed by atoms with van der Waals surface area (Å²) in [6, 6.07) is 4.85. The molecule has 1 aromatic carbocycles. The van der Waals surface area contributed by atoms with Crippen LogP contribution in [0.2, 0.25) is 10.0 Å². The first-order valence-electron chi connectivity index (χ1n) is 9.01. The van der Waals surface area contributed by atoms with Crippen LogP contribution in [0.3, 0.4) is 0 Å². The lowest BCUT2D eigenvalue weighted by Gasteiger charge is -2.11. The van der Waals surface area contributed by atoms with E-state index in [4.69, 9.17) is 28.2 Å². The number of hydrogen-bond acceptors (Lipinski definition) is 5. The summed E-state index contributed by atoms with van der Waals surface area (Å²) in [6.07, 6.45) is 4.68. The van der Waals surface area contributed by atoms with E-state index in [2.05, 4.69) is 11.9 Å². The number of aromatic nitrogens is 2. The highest BCUT2D eigenvalue weighted by molar-refractivity contribution is 7.99. The van der Waals surface area contributed by atoms with E-state index in [9.17, 15) is 9.59 Å². The number of fused-ring (bicyclic) bond motifs is 3. The van der Waals surface area contributed by atoms with Crippen LogP contribution in [0.15, 0.2) is 40.8 Å². The summed E-state index contributed by atoms with van der Waals surface area (Å²) in [5.74, 6) is -0.133. The van der Waals surface area contributed by atoms with Crippen LogP contribution in [0.4, 0.5) is 5.69 Å². The average molecular weight is 466 g/mol. The van der Waals surface area contributed by atoms with Gasteiger partial charge in [-0.2, -0.15) is 0 Å². The van der Waals surface area contributed by atoms with Gasteiger partial charge in [-0.05, 0) is 43.0 Å². The molecule has 2 heterocycles. The minimum atomic E-state index is -0.235. The minimum absolute atomic E-state index is 0.0566. The second kappa shape index (κ2) is 8.52. The van der Waals surface area contributed by atoms with Crippen molar-refractivity contribution in [3.63, 3.8) is 0 Å². The fourth-order valence-electron chi connectivity index (χ4n) is 3.41. The summed E-state index contributed by atoms with van der Waals surface area (Å²) in [6.45, 7) is 4.09. The van der Waals surface area contributed by atoms with Crippen LogP contribution < -0.4 is 10.9 Å². The van der Waals surface area contributed by atoms with Crippen LogP contribution in [0.5, 0.6) is 0 Å². The number of halogens is 2. The zero-order valence-electron chi connectivity index (χ0n) is 15.3. The Balaban J connectivity index is 1.58. The average Bonchev–Trinajstić information content (AvgIpc) is 3.22. The molecule has 0 spiro atoms. The molecule has 5 nitrogen and oxygen atoms in total. The quantitative estimate of drug-likeness (QED) is 0.309. The summed E-state index contributed by atoms with van der Waals surface area (Å²) in [5, 5.41) is 4.90. The number of benzene rings is 1. The summed E-state index contributed by atoms with van der Waals surface area (Å²) >= 11 is 14.8. The molecule has 1 aliphatic carbocycles. The number of aryl methyl sites for hydroxylation is 2. The number of nitrogens with one attached hydrogen (secondary N) is 1. The van der Waals surface area contributed by atoms with E-state index in [0.717, 1.165) is 35.0 Å². The molecule has 0 radical (unpaired) electrons.